The first-order valence-corrected chi connectivity index (χ1v) is 7.34. The van der Waals surface area contributed by atoms with Gasteiger partial charge in [-0.3, -0.25) is 4.90 Å². The SMILES string of the molecule is COc1cccc(CN2CCCC[C@H]2c2ncc[nH]2)c1F. The monoisotopic (exact) mass is 289 g/mol. The van der Waals surface area contributed by atoms with E-state index >= 15 is 0 Å². The number of aromatic amines is 1. The zero-order chi connectivity index (χ0) is 14.7. The van der Waals surface area contributed by atoms with Gasteiger partial charge in [-0.05, 0) is 25.5 Å². The standard InChI is InChI=1S/C16H20FN3O/c1-21-14-7-4-5-12(15(14)17)11-20-10-3-2-6-13(20)16-18-8-9-19-16/h4-5,7-9,13H,2-3,6,10-11H2,1H3,(H,18,19)/t13-/m0/s1. The summed E-state index contributed by atoms with van der Waals surface area (Å²) < 4.78 is 19.4. The molecular formula is C16H20FN3O. The number of halogens is 1. The highest BCUT2D eigenvalue weighted by atomic mass is 19.1. The lowest BCUT2D eigenvalue weighted by Gasteiger charge is -2.34. The van der Waals surface area contributed by atoms with Crippen molar-refractivity contribution < 1.29 is 9.13 Å². The molecule has 21 heavy (non-hydrogen) atoms. The fourth-order valence-corrected chi connectivity index (χ4v) is 3.00. The molecule has 0 spiro atoms. The lowest BCUT2D eigenvalue weighted by Crippen LogP contribution is -2.33. The molecule has 3 rings (SSSR count). The van der Waals surface area contributed by atoms with Gasteiger partial charge < -0.3 is 9.72 Å². The second kappa shape index (κ2) is 6.26. The molecule has 1 aliphatic rings. The average molecular weight is 289 g/mol. The van der Waals surface area contributed by atoms with Gasteiger partial charge in [-0.25, -0.2) is 9.37 Å². The molecule has 1 aromatic carbocycles. The second-order valence-electron chi connectivity index (χ2n) is 5.39. The number of hydrogen-bond acceptors (Lipinski definition) is 3. The zero-order valence-corrected chi connectivity index (χ0v) is 12.2. The Morgan fingerprint density at radius 1 is 1.43 bits per heavy atom. The summed E-state index contributed by atoms with van der Waals surface area (Å²) in [5.41, 5.74) is 0.674. The number of methoxy groups -OCH3 is 1. The van der Waals surface area contributed by atoms with E-state index < -0.39 is 0 Å². The van der Waals surface area contributed by atoms with Gasteiger partial charge >= 0.3 is 0 Å². The maximum Gasteiger partial charge on any atom is 0.169 e. The molecule has 1 fully saturated rings. The van der Waals surface area contributed by atoms with Gasteiger partial charge in [0, 0.05) is 24.5 Å². The molecule has 1 N–H and O–H groups in total. The van der Waals surface area contributed by atoms with Crippen LogP contribution in [0.2, 0.25) is 0 Å². The molecule has 0 unspecified atom stereocenters. The summed E-state index contributed by atoms with van der Waals surface area (Å²) in [5.74, 6) is 1.01. The molecule has 0 amide bonds. The number of imidazole rings is 1. The third kappa shape index (κ3) is 2.93. The largest absolute Gasteiger partial charge is 0.494 e. The van der Waals surface area contributed by atoms with Crippen molar-refractivity contribution in [2.45, 2.75) is 31.8 Å². The molecule has 2 aromatic rings. The lowest BCUT2D eigenvalue weighted by molar-refractivity contribution is 0.132. The van der Waals surface area contributed by atoms with E-state index in [1.54, 1.807) is 12.3 Å². The number of ether oxygens (including phenoxy) is 1. The normalized spacial score (nSPS) is 19.6. The van der Waals surface area contributed by atoms with Crippen molar-refractivity contribution in [1.29, 1.82) is 0 Å². The third-order valence-electron chi connectivity index (χ3n) is 4.09. The molecule has 112 valence electrons. The third-order valence-corrected chi connectivity index (χ3v) is 4.09. The van der Waals surface area contributed by atoms with Crippen molar-refractivity contribution in [2.75, 3.05) is 13.7 Å². The van der Waals surface area contributed by atoms with E-state index in [1.807, 2.05) is 18.3 Å². The number of aromatic nitrogens is 2. The van der Waals surface area contributed by atoms with E-state index in [2.05, 4.69) is 14.9 Å². The fraction of sp³-hybridized carbons (Fsp3) is 0.438. The number of hydrogen-bond donors (Lipinski definition) is 1. The van der Waals surface area contributed by atoms with Crippen molar-refractivity contribution >= 4 is 0 Å². The number of nitrogens with one attached hydrogen (secondary N) is 1. The highest BCUT2D eigenvalue weighted by Gasteiger charge is 2.26. The van der Waals surface area contributed by atoms with Crippen LogP contribution in [0, 0.1) is 5.82 Å². The predicted molar refractivity (Wildman–Crippen MR) is 78.5 cm³/mol. The summed E-state index contributed by atoms with van der Waals surface area (Å²) in [6.07, 6.45) is 6.99. The number of H-pyrrole nitrogens is 1. The molecule has 1 atom stereocenters. The fourth-order valence-electron chi connectivity index (χ4n) is 3.00. The zero-order valence-electron chi connectivity index (χ0n) is 12.2. The van der Waals surface area contributed by atoms with Crippen LogP contribution in [0.15, 0.2) is 30.6 Å². The first-order valence-electron chi connectivity index (χ1n) is 7.34. The number of benzene rings is 1. The van der Waals surface area contributed by atoms with Crippen LogP contribution in [0.25, 0.3) is 0 Å². The van der Waals surface area contributed by atoms with Crippen molar-refractivity contribution in [3.8, 4) is 5.75 Å². The summed E-state index contributed by atoms with van der Waals surface area (Å²) >= 11 is 0. The molecule has 4 nitrogen and oxygen atoms in total. The van der Waals surface area contributed by atoms with Crippen LogP contribution in [0.5, 0.6) is 5.75 Å². The Morgan fingerprint density at radius 2 is 2.33 bits per heavy atom. The van der Waals surface area contributed by atoms with Crippen LogP contribution in [0.1, 0.15) is 36.7 Å². The molecule has 0 aliphatic carbocycles. The molecule has 0 saturated carbocycles. The maximum absolute atomic E-state index is 14.3. The molecule has 0 radical (unpaired) electrons. The number of rotatable bonds is 4. The molecule has 2 heterocycles. The minimum absolute atomic E-state index is 0.236. The van der Waals surface area contributed by atoms with Gasteiger partial charge in [-0.2, -0.15) is 0 Å². The van der Waals surface area contributed by atoms with Crippen molar-refractivity contribution in [1.82, 2.24) is 14.9 Å². The Kier molecular flexibility index (Phi) is 4.20. The quantitative estimate of drug-likeness (QED) is 0.939. The predicted octanol–water partition coefficient (Wildman–Crippen LogP) is 3.28. The highest BCUT2D eigenvalue weighted by Crippen LogP contribution is 2.31. The first kappa shape index (κ1) is 14.1. The van der Waals surface area contributed by atoms with Gasteiger partial charge in [0.15, 0.2) is 11.6 Å². The summed E-state index contributed by atoms with van der Waals surface area (Å²) in [5, 5.41) is 0. The summed E-state index contributed by atoms with van der Waals surface area (Å²) in [6.45, 7) is 1.54. The smallest absolute Gasteiger partial charge is 0.169 e. The van der Waals surface area contributed by atoms with Crippen molar-refractivity contribution in [3.05, 3.63) is 47.8 Å². The Hall–Kier alpha value is -1.88. The molecule has 0 bridgehead atoms. The van der Waals surface area contributed by atoms with Crippen molar-refractivity contribution in [2.24, 2.45) is 0 Å². The van der Waals surface area contributed by atoms with Gasteiger partial charge in [0.2, 0.25) is 0 Å². The summed E-state index contributed by atoms with van der Waals surface area (Å²) in [7, 11) is 1.49. The van der Waals surface area contributed by atoms with Crippen molar-refractivity contribution in [3.63, 3.8) is 0 Å². The van der Waals surface area contributed by atoms with Crippen LogP contribution in [-0.2, 0) is 6.54 Å². The van der Waals surface area contributed by atoms with E-state index in [0.29, 0.717) is 17.9 Å². The molecule has 5 heteroatoms. The Bertz CT molecular complexity index is 585. The lowest BCUT2D eigenvalue weighted by atomic mass is 10.0. The van der Waals surface area contributed by atoms with E-state index in [1.165, 1.54) is 13.5 Å². The number of piperidine rings is 1. The van der Waals surface area contributed by atoms with Gasteiger partial charge in [0.25, 0.3) is 0 Å². The van der Waals surface area contributed by atoms with Crippen LogP contribution in [0.4, 0.5) is 4.39 Å². The summed E-state index contributed by atoms with van der Waals surface area (Å²) in [6, 6.07) is 5.55. The number of likely N-dealkylation sites (tertiary alicyclic amines) is 1. The van der Waals surface area contributed by atoms with E-state index in [9.17, 15) is 4.39 Å². The summed E-state index contributed by atoms with van der Waals surface area (Å²) in [4.78, 5) is 9.85. The minimum Gasteiger partial charge on any atom is -0.494 e. The van der Waals surface area contributed by atoms with E-state index in [-0.39, 0.29) is 11.9 Å². The van der Waals surface area contributed by atoms with Crippen LogP contribution in [-0.4, -0.2) is 28.5 Å². The maximum atomic E-state index is 14.3. The average Bonchev–Trinajstić information content (AvgIpc) is 3.04. The van der Waals surface area contributed by atoms with Crippen LogP contribution < -0.4 is 4.74 Å². The first-order chi connectivity index (χ1) is 10.3. The topological polar surface area (TPSA) is 41.1 Å². The van der Waals surface area contributed by atoms with E-state index in [0.717, 1.165) is 25.2 Å². The molecule has 1 saturated heterocycles. The van der Waals surface area contributed by atoms with E-state index in [4.69, 9.17) is 4.74 Å². The van der Waals surface area contributed by atoms with Gasteiger partial charge in [-0.15, -0.1) is 0 Å². The highest BCUT2D eigenvalue weighted by molar-refractivity contribution is 5.31. The Labute approximate surface area is 124 Å². The second-order valence-corrected chi connectivity index (χ2v) is 5.39. The minimum atomic E-state index is -0.260. The molecule has 1 aromatic heterocycles. The van der Waals surface area contributed by atoms with Crippen LogP contribution >= 0.6 is 0 Å². The molecule has 1 aliphatic heterocycles. The van der Waals surface area contributed by atoms with Gasteiger partial charge in [0.1, 0.15) is 5.82 Å². The Morgan fingerprint density at radius 3 is 3.10 bits per heavy atom. The van der Waals surface area contributed by atoms with Crippen LogP contribution in [0.3, 0.4) is 0 Å². The van der Waals surface area contributed by atoms with Gasteiger partial charge in [-0.1, -0.05) is 18.6 Å². The molecular weight excluding hydrogens is 269 g/mol. The Balaban J connectivity index is 1.82. The van der Waals surface area contributed by atoms with Gasteiger partial charge in [0.05, 0.1) is 13.2 Å². The number of nitrogens with zero attached hydrogens (tertiary/aromatic N) is 2.